The summed E-state index contributed by atoms with van der Waals surface area (Å²) < 4.78 is 20.2. The van der Waals surface area contributed by atoms with Crippen molar-refractivity contribution in [2.75, 3.05) is 39.5 Å². The van der Waals surface area contributed by atoms with Crippen LogP contribution in [-0.2, 0) is 10.2 Å². The highest BCUT2D eigenvalue weighted by Gasteiger charge is 2.23. The zero-order chi connectivity index (χ0) is 26.7. The Bertz CT molecular complexity index is 1370. The van der Waals surface area contributed by atoms with Gasteiger partial charge in [0.25, 0.3) is 0 Å². The molecule has 7 heteroatoms. The van der Waals surface area contributed by atoms with E-state index in [0.717, 1.165) is 53.3 Å². The lowest BCUT2D eigenvalue weighted by molar-refractivity contribution is -0.0547. The van der Waals surface area contributed by atoms with Gasteiger partial charge >= 0.3 is 0 Å². The van der Waals surface area contributed by atoms with Gasteiger partial charge in [-0.25, -0.2) is 4.68 Å². The molecule has 0 spiro atoms. The lowest BCUT2D eigenvalue weighted by Gasteiger charge is -2.31. The summed E-state index contributed by atoms with van der Waals surface area (Å²) in [4.78, 5) is 2.27. The molecule has 1 aliphatic rings. The zero-order valence-electron chi connectivity index (χ0n) is 22.7. The van der Waals surface area contributed by atoms with Crippen molar-refractivity contribution < 1.29 is 19.3 Å². The van der Waals surface area contributed by atoms with Crippen LogP contribution in [0.25, 0.3) is 16.5 Å². The van der Waals surface area contributed by atoms with Crippen molar-refractivity contribution in [2.45, 2.75) is 39.2 Å². The van der Waals surface area contributed by atoms with Gasteiger partial charge in [-0.05, 0) is 31.2 Å². The number of fused-ring (bicyclic) bond motifs is 1. The highest BCUT2D eigenvalue weighted by molar-refractivity contribution is 5.93. The fourth-order valence-electron chi connectivity index (χ4n) is 4.62. The number of aromatic nitrogens is 2. The summed E-state index contributed by atoms with van der Waals surface area (Å²) in [6, 6.07) is 22.4. The maximum Gasteiger partial charge on any atom is 0.222 e. The van der Waals surface area contributed by atoms with E-state index < -0.39 is 0 Å². The van der Waals surface area contributed by atoms with Crippen LogP contribution in [0.3, 0.4) is 0 Å². The van der Waals surface area contributed by atoms with E-state index in [4.69, 9.17) is 19.3 Å². The van der Waals surface area contributed by atoms with Crippen LogP contribution >= 0.6 is 0 Å². The topological polar surface area (TPSA) is 69.0 Å². The summed E-state index contributed by atoms with van der Waals surface area (Å²) in [6.45, 7) is 12.1. The maximum absolute atomic E-state index is 9.40. The van der Waals surface area contributed by atoms with E-state index in [9.17, 15) is 5.11 Å². The normalized spacial score (nSPS) is 16.6. The number of benzene rings is 3. The second-order valence-corrected chi connectivity index (χ2v) is 10.9. The molecule has 200 valence electrons. The molecule has 0 saturated carbocycles. The van der Waals surface area contributed by atoms with Crippen LogP contribution in [0.5, 0.6) is 17.4 Å². The number of rotatable bonds is 8. The SMILES string of the molecule is Cc1ccc(-n2nc(C(C)(C)C)cc2Oc2ccc(OCCN3CCOC(CO)C3)c3ccccc23)cc1. The first-order valence-corrected chi connectivity index (χ1v) is 13.3. The predicted octanol–water partition coefficient (Wildman–Crippen LogP) is 5.50. The molecule has 1 fully saturated rings. The third-order valence-corrected chi connectivity index (χ3v) is 6.87. The van der Waals surface area contributed by atoms with Gasteiger partial charge in [-0.1, -0.05) is 62.7 Å². The molecule has 1 N–H and O–H groups in total. The predicted molar refractivity (Wildman–Crippen MR) is 150 cm³/mol. The highest BCUT2D eigenvalue weighted by atomic mass is 16.5. The smallest absolute Gasteiger partial charge is 0.222 e. The molecule has 1 atom stereocenters. The minimum Gasteiger partial charge on any atom is -0.492 e. The molecule has 1 saturated heterocycles. The Hall–Kier alpha value is -3.39. The van der Waals surface area contributed by atoms with Crippen molar-refractivity contribution in [1.29, 1.82) is 0 Å². The molecule has 4 aromatic rings. The highest BCUT2D eigenvalue weighted by Crippen LogP contribution is 2.37. The number of morpholine rings is 1. The Labute approximate surface area is 224 Å². The number of aliphatic hydroxyl groups is 1. The molecular formula is C31H37N3O4. The fourth-order valence-corrected chi connectivity index (χ4v) is 4.62. The van der Waals surface area contributed by atoms with Crippen LogP contribution < -0.4 is 9.47 Å². The number of hydrogen-bond acceptors (Lipinski definition) is 6. The van der Waals surface area contributed by atoms with Crippen molar-refractivity contribution in [2.24, 2.45) is 0 Å². The molecule has 7 nitrogen and oxygen atoms in total. The van der Waals surface area contributed by atoms with Gasteiger partial charge in [0.05, 0.1) is 30.7 Å². The molecule has 0 aliphatic carbocycles. The number of hydrogen-bond donors (Lipinski definition) is 1. The third kappa shape index (κ3) is 5.85. The number of aliphatic hydroxyl groups excluding tert-OH is 1. The van der Waals surface area contributed by atoms with Gasteiger partial charge in [0.1, 0.15) is 18.1 Å². The average Bonchev–Trinajstić information content (AvgIpc) is 3.35. The lowest BCUT2D eigenvalue weighted by Crippen LogP contribution is -2.45. The van der Waals surface area contributed by atoms with Gasteiger partial charge in [0, 0.05) is 41.9 Å². The maximum atomic E-state index is 9.40. The molecule has 0 radical (unpaired) electrons. The van der Waals surface area contributed by atoms with Gasteiger partial charge in [-0.3, -0.25) is 4.90 Å². The van der Waals surface area contributed by atoms with Gasteiger partial charge in [0.2, 0.25) is 5.88 Å². The fraction of sp³-hybridized carbons (Fsp3) is 0.387. The quantitative estimate of drug-likeness (QED) is 0.334. The lowest BCUT2D eigenvalue weighted by atomic mass is 9.93. The van der Waals surface area contributed by atoms with E-state index in [1.54, 1.807) is 0 Å². The van der Waals surface area contributed by atoms with Crippen molar-refractivity contribution in [1.82, 2.24) is 14.7 Å². The molecular weight excluding hydrogens is 478 g/mol. The average molecular weight is 516 g/mol. The van der Waals surface area contributed by atoms with E-state index in [2.05, 4.69) is 69.0 Å². The molecule has 38 heavy (non-hydrogen) atoms. The van der Waals surface area contributed by atoms with Gasteiger partial charge in [-0.15, -0.1) is 0 Å². The third-order valence-electron chi connectivity index (χ3n) is 6.87. The van der Waals surface area contributed by atoms with Crippen molar-refractivity contribution in [3.05, 3.63) is 78.0 Å². The number of aryl methyl sites for hydroxylation is 1. The van der Waals surface area contributed by atoms with E-state index in [1.807, 2.05) is 35.0 Å². The Morgan fingerprint density at radius 2 is 1.71 bits per heavy atom. The summed E-state index contributed by atoms with van der Waals surface area (Å²) in [5.74, 6) is 2.24. The molecule has 2 heterocycles. The van der Waals surface area contributed by atoms with Gasteiger partial charge in [-0.2, -0.15) is 5.10 Å². The zero-order valence-corrected chi connectivity index (χ0v) is 22.7. The van der Waals surface area contributed by atoms with Crippen LogP contribution in [0, 0.1) is 6.92 Å². The first-order valence-electron chi connectivity index (χ1n) is 13.3. The Morgan fingerprint density at radius 3 is 2.42 bits per heavy atom. The molecule has 3 aromatic carbocycles. The molecule has 0 bridgehead atoms. The Balaban J connectivity index is 1.40. The summed E-state index contributed by atoms with van der Waals surface area (Å²) in [6.07, 6.45) is -0.117. The number of ether oxygens (including phenoxy) is 3. The van der Waals surface area contributed by atoms with Crippen molar-refractivity contribution in [3.8, 4) is 23.1 Å². The molecule has 1 unspecified atom stereocenters. The summed E-state index contributed by atoms with van der Waals surface area (Å²) in [5, 5.41) is 16.3. The summed E-state index contributed by atoms with van der Waals surface area (Å²) >= 11 is 0. The van der Waals surface area contributed by atoms with E-state index in [1.165, 1.54) is 5.56 Å². The Morgan fingerprint density at radius 1 is 1.00 bits per heavy atom. The van der Waals surface area contributed by atoms with Crippen LogP contribution in [0.15, 0.2) is 66.7 Å². The van der Waals surface area contributed by atoms with Crippen LogP contribution in [0.2, 0.25) is 0 Å². The molecule has 5 rings (SSSR count). The van der Waals surface area contributed by atoms with E-state index in [0.29, 0.717) is 19.1 Å². The second kappa shape index (κ2) is 11.2. The minimum atomic E-state index is -0.120. The standard InChI is InChI=1S/C31H37N3O4/c1-22-9-11-23(12-10-22)34-30(19-29(32-34)31(2,3)4)38-28-14-13-27(25-7-5-6-8-26(25)28)37-18-16-33-15-17-36-24(20-33)21-35/h5-14,19,24,35H,15-18,20-21H2,1-4H3. The minimum absolute atomic E-state index is 0.0452. The molecule has 0 amide bonds. The number of nitrogens with zero attached hydrogens (tertiary/aromatic N) is 3. The van der Waals surface area contributed by atoms with Crippen molar-refractivity contribution >= 4 is 10.8 Å². The molecule has 1 aliphatic heterocycles. The van der Waals surface area contributed by atoms with Gasteiger partial charge in [0.15, 0.2) is 0 Å². The van der Waals surface area contributed by atoms with Crippen LogP contribution in [0.4, 0.5) is 0 Å². The summed E-state index contributed by atoms with van der Waals surface area (Å²) in [7, 11) is 0. The van der Waals surface area contributed by atoms with E-state index in [-0.39, 0.29) is 18.1 Å². The van der Waals surface area contributed by atoms with Crippen molar-refractivity contribution in [3.63, 3.8) is 0 Å². The van der Waals surface area contributed by atoms with Gasteiger partial charge < -0.3 is 19.3 Å². The first kappa shape index (κ1) is 26.2. The molecule has 1 aromatic heterocycles. The first-order chi connectivity index (χ1) is 18.3. The van der Waals surface area contributed by atoms with E-state index >= 15 is 0 Å². The largest absolute Gasteiger partial charge is 0.492 e. The monoisotopic (exact) mass is 515 g/mol. The van der Waals surface area contributed by atoms with Crippen LogP contribution in [0.1, 0.15) is 32.0 Å². The van der Waals surface area contributed by atoms with Crippen LogP contribution in [-0.4, -0.2) is 65.3 Å². The summed E-state index contributed by atoms with van der Waals surface area (Å²) in [5.41, 5.74) is 2.99. The Kier molecular flexibility index (Phi) is 7.70. The second-order valence-electron chi connectivity index (χ2n) is 10.9.